The highest BCUT2D eigenvalue weighted by atomic mass is 79.9. The molecule has 0 saturated carbocycles. The van der Waals surface area contributed by atoms with Gasteiger partial charge in [-0.15, -0.1) is 0 Å². The van der Waals surface area contributed by atoms with Crippen LogP contribution >= 0.6 is 15.9 Å². The Morgan fingerprint density at radius 2 is 1.95 bits per heavy atom. The number of esters is 1. The molecule has 0 spiro atoms. The number of halogens is 1. The van der Waals surface area contributed by atoms with E-state index in [1.54, 1.807) is 31.4 Å². The van der Waals surface area contributed by atoms with E-state index in [1.165, 1.54) is 0 Å². The number of alkyl halides is 1. The fraction of sp³-hybridized carbons (Fsp3) is 0.467. The third-order valence-electron chi connectivity index (χ3n) is 3.87. The second-order valence-electron chi connectivity index (χ2n) is 5.55. The molecule has 0 N–H and O–H groups in total. The zero-order chi connectivity index (χ0) is 15.0. The number of carbonyl (C=O) groups is 2. The Morgan fingerprint density at radius 3 is 2.35 bits per heavy atom. The molecule has 1 aliphatic heterocycles. The molecule has 1 saturated heterocycles. The Morgan fingerprint density at radius 1 is 1.35 bits per heavy atom. The molecule has 108 valence electrons. The fourth-order valence-corrected chi connectivity index (χ4v) is 3.60. The summed E-state index contributed by atoms with van der Waals surface area (Å²) in [7, 11) is 1.57. The maximum absolute atomic E-state index is 12.8. The van der Waals surface area contributed by atoms with Crippen LogP contribution in [0.3, 0.4) is 0 Å². The summed E-state index contributed by atoms with van der Waals surface area (Å²) in [5.41, 5.74) is -1.20. The predicted molar refractivity (Wildman–Crippen MR) is 78.3 cm³/mol. The van der Waals surface area contributed by atoms with Crippen LogP contribution in [0.4, 0.5) is 0 Å². The van der Waals surface area contributed by atoms with Crippen molar-refractivity contribution in [1.29, 1.82) is 0 Å². The van der Waals surface area contributed by atoms with E-state index in [-0.39, 0.29) is 23.5 Å². The molecule has 5 heteroatoms. The van der Waals surface area contributed by atoms with Crippen molar-refractivity contribution in [3.8, 4) is 5.75 Å². The lowest BCUT2D eigenvalue weighted by atomic mass is 9.72. The van der Waals surface area contributed by atoms with Crippen molar-refractivity contribution in [3.05, 3.63) is 29.8 Å². The highest BCUT2D eigenvalue weighted by Crippen LogP contribution is 2.46. The number of methoxy groups -OCH3 is 1. The molecule has 0 bridgehead atoms. The van der Waals surface area contributed by atoms with E-state index in [2.05, 4.69) is 15.9 Å². The van der Waals surface area contributed by atoms with Gasteiger partial charge >= 0.3 is 5.97 Å². The molecule has 0 aliphatic carbocycles. The van der Waals surface area contributed by atoms with Gasteiger partial charge in [-0.05, 0) is 24.3 Å². The van der Waals surface area contributed by atoms with E-state index in [9.17, 15) is 9.59 Å². The first kappa shape index (κ1) is 15.0. The Kier molecular flexibility index (Phi) is 3.91. The van der Waals surface area contributed by atoms with E-state index in [0.717, 1.165) is 0 Å². The Hall–Kier alpha value is -1.36. The zero-order valence-corrected chi connectivity index (χ0v) is 13.3. The molecule has 1 aromatic rings. The van der Waals surface area contributed by atoms with Crippen molar-refractivity contribution in [3.63, 3.8) is 0 Å². The van der Waals surface area contributed by atoms with Crippen molar-refractivity contribution in [1.82, 2.24) is 0 Å². The van der Waals surface area contributed by atoms with Gasteiger partial charge in [-0.25, -0.2) is 0 Å². The van der Waals surface area contributed by atoms with Gasteiger partial charge in [0, 0.05) is 11.0 Å². The van der Waals surface area contributed by atoms with Crippen LogP contribution in [0.2, 0.25) is 0 Å². The van der Waals surface area contributed by atoms with Crippen LogP contribution in [0.15, 0.2) is 24.3 Å². The topological polar surface area (TPSA) is 52.6 Å². The first-order valence-corrected chi connectivity index (χ1v) is 7.45. The SMILES string of the molecule is COc1ccc(C(=O)[C@]2(CBr)OC(=O)CC2(C)C)cc1. The Labute approximate surface area is 126 Å². The molecule has 0 aromatic heterocycles. The molecule has 0 unspecified atom stereocenters. The summed E-state index contributed by atoms with van der Waals surface area (Å²) >= 11 is 3.34. The molecule has 1 aromatic carbocycles. The van der Waals surface area contributed by atoms with Crippen molar-refractivity contribution in [2.24, 2.45) is 5.41 Å². The summed E-state index contributed by atoms with van der Waals surface area (Å²) in [6.07, 6.45) is 0.237. The summed E-state index contributed by atoms with van der Waals surface area (Å²) < 4.78 is 10.5. The van der Waals surface area contributed by atoms with Gasteiger partial charge in [0.1, 0.15) is 5.75 Å². The van der Waals surface area contributed by atoms with Gasteiger partial charge < -0.3 is 9.47 Å². The maximum atomic E-state index is 12.8. The van der Waals surface area contributed by atoms with Crippen LogP contribution in [0.1, 0.15) is 30.6 Å². The first-order valence-electron chi connectivity index (χ1n) is 6.33. The molecule has 1 aliphatic rings. The van der Waals surface area contributed by atoms with E-state index >= 15 is 0 Å². The number of ketones is 1. The lowest BCUT2D eigenvalue weighted by Gasteiger charge is -2.35. The van der Waals surface area contributed by atoms with Crippen molar-refractivity contribution >= 4 is 27.7 Å². The minimum atomic E-state index is -1.15. The molecule has 0 amide bonds. The van der Waals surface area contributed by atoms with E-state index in [0.29, 0.717) is 11.3 Å². The van der Waals surface area contributed by atoms with Crippen LogP contribution in [-0.2, 0) is 9.53 Å². The highest BCUT2D eigenvalue weighted by Gasteiger charge is 2.59. The second kappa shape index (κ2) is 5.20. The number of rotatable bonds is 4. The molecule has 1 fully saturated rings. The Bertz CT molecular complexity index is 535. The molecule has 1 atom stereocenters. The fourth-order valence-electron chi connectivity index (χ4n) is 2.47. The number of hydrogen-bond donors (Lipinski definition) is 0. The van der Waals surface area contributed by atoms with Gasteiger partial charge in [0.05, 0.1) is 18.9 Å². The first-order chi connectivity index (χ1) is 9.36. The Balaban J connectivity index is 2.40. The van der Waals surface area contributed by atoms with Crippen LogP contribution in [0.5, 0.6) is 5.75 Å². The van der Waals surface area contributed by atoms with E-state index in [4.69, 9.17) is 9.47 Å². The standard InChI is InChI=1S/C15H17BrO4/c1-14(2)8-12(17)20-15(14,9-16)13(18)10-4-6-11(19-3)7-5-10/h4-7H,8-9H2,1-3H3/t15-/m0/s1. The van der Waals surface area contributed by atoms with Crippen LogP contribution in [-0.4, -0.2) is 29.8 Å². The van der Waals surface area contributed by atoms with E-state index < -0.39 is 11.0 Å². The van der Waals surface area contributed by atoms with Gasteiger partial charge in [-0.2, -0.15) is 0 Å². The molecule has 4 nitrogen and oxygen atoms in total. The number of ether oxygens (including phenoxy) is 2. The quantitative estimate of drug-likeness (QED) is 0.480. The normalized spacial score (nSPS) is 24.3. The predicted octanol–water partition coefficient (Wildman–Crippen LogP) is 2.98. The second-order valence-corrected chi connectivity index (χ2v) is 6.11. The largest absolute Gasteiger partial charge is 0.497 e. The number of carbonyl (C=O) groups excluding carboxylic acids is 2. The number of Topliss-reactive ketones (excluding diaryl/α,β-unsaturated/α-hetero) is 1. The minimum Gasteiger partial charge on any atom is -0.497 e. The summed E-state index contributed by atoms with van der Waals surface area (Å²) in [4.78, 5) is 24.5. The van der Waals surface area contributed by atoms with Gasteiger partial charge in [-0.3, -0.25) is 9.59 Å². The van der Waals surface area contributed by atoms with Crippen LogP contribution in [0, 0.1) is 5.41 Å². The number of hydrogen-bond acceptors (Lipinski definition) is 4. The van der Waals surface area contributed by atoms with Gasteiger partial charge in [-0.1, -0.05) is 29.8 Å². The average molecular weight is 341 g/mol. The summed E-state index contributed by atoms with van der Waals surface area (Å²) in [5.74, 6) is 0.154. The average Bonchev–Trinajstić information content (AvgIpc) is 2.67. The monoisotopic (exact) mass is 340 g/mol. The lowest BCUT2D eigenvalue weighted by molar-refractivity contribution is -0.145. The molecule has 0 radical (unpaired) electrons. The van der Waals surface area contributed by atoms with E-state index in [1.807, 2.05) is 13.8 Å². The molecular weight excluding hydrogens is 324 g/mol. The van der Waals surface area contributed by atoms with Crippen LogP contribution < -0.4 is 4.74 Å². The lowest BCUT2D eigenvalue weighted by Crippen LogP contribution is -2.50. The highest BCUT2D eigenvalue weighted by molar-refractivity contribution is 9.09. The summed E-state index contributed by atoms with van der Waals surface area (Å²) in [6.45, 7) is 3.75. The van der Waals surface area contributed by atoms with Crippen molar-refractivity contribution in [2.75, 3.05) is 12.4 Å². The zero-order valence-electron chi connectivity index (χ0n) is 11.7. The number of cyclic esters (lactones) is 1. The molecule has 2 rings (SSSR count). The summed E-state index contributed by atoms with van der Waals surface area (Å²) in [5, 5.41) is 0.281. The van der Waals surface area contributed by atoms with Gasteiger partial charge in [0.2, 0.25) is 5.78 Å². The third kappa shape index (κ3) is 2.24. The molecule has 1 heterocycles. The van der Waals surface area contributed by atoms with Crippen molar-refractivity contribution < 1.29 is 19.1 Å². The minimum absolute atomic E-state index is 0.187. The van der Waals surface area contributed by atoms with Crippen molar-refractivity contribution in [2.45, 2.75) is 25.9 Å². The third-order valence-corrected chi connectivity index (χ3v) is 4.66. The molecular formula is C15H17BrO4. The molecule has 20 heavy (non-hydrogen) atoms. The summed E-state index contributed by atoms with van der Waals surface area (Å²) in [6, 6.07) is 6.82. The van der Waals surface area contributed by atoms with Gasteiger partial charge in [0.25, 0.3) is 0 Å². The smallest absolute Gasteiger partial charge is 0.307 e. The van der Waals surface area contributed by atoms with Gasteiger partial charge in [0.15, 0.2) is 5.60 Å². The van der Waals surface area contributed by atoms with Crippen LogP contribution in [0.25, 0.3) is 0 Å². The number of benzene rings is 1. The maximum Gasteiger partial charge on any atom is 0.307 e.